The summed E-state index contributed by atoms with van der Waals surface area (Å²) < 4.78 is 14.6. The Bertz CT molecular complexity index is 552. The lowest BCUT2D eigenvalue weighted by Crippen LogP contribution is -2.02. The monoisotopic (exact) mass is 215 g/mol. The zero-order valence-corrected chi connectivity index (χ0v) is 8.81. The number of nitrogens with zero attached hydrogens (tertiary/aromatic N) is 3. The lowest BCUT2D eigenvalue weighted by Gasteiger charge is -2.04. The van der Waals surface area contributed by atoms with Crippen LogP contribution in [0.5, 0.6) is 0 Å². The van der Waals surface area contributed by atoms with Crippen molar-refractivity contribution in [1.82, 2.24) is 9.78 Å². The maximum Gasteiger partial charge on any atom is 0.124 e. The van der Waals surface area contributed by atoms with E-state index in [1.807, 2.05) is 19.2 Å². The highest BCUT2D eigenvalue weighted by molar-refractivity contribution is 5.38. The summed E-state index contributed by atoms with van der Waals surface area (Å²) in [5, 5.41) is 13.0. The number of benzene rings is 1. The summed E-state index contributed by atoms with van der Waals surface area (Å²) in [6.07, 6.45) is 3.63. The van der Waals surface area contributed by atoms with Crippen LogP contribution in [0.25, 0.3) is 0 Å². The summed E-state index contributed by atoms with van der Waals surface area (Å²) in [5.74, 6) is -0.392. The van der Waals surface area contributed by atoms with Crippen LogP contribution in [-0.2, 0) is 6.54 Å². The van der Waals surface area contributed by atoms with Gasteiger partial charge in [-0.15, -0.1) is 0 Å². The van der Waals surface area contributed by atoms with E-state index in [4.69, 9.17) is 5.26 Å². The second-order valence-electron chi connectivity index (χ2n) is 3.63. The van der Waals surface area contributed by atoms with Crippen molar-refractivity contribution in [2.24, 2.45) is 0 Å². The van der Waals surface area contributed by atoms with Gasteiger partial charge in [0.1, 0.15) is 5.82 Å². The Morgan fingerprint density at radius 1 is 1.50 bits per heavy atom. The topological polar surface area (TPSA) is 41.6 Å². The van der Waals surface area contributed by atoms with Crippen LogP contribution in [0.3, 0.4) is 0 Å². The highest BCUT2D eigenvalue weighted by atomic mass is 19.1. The molecule has 0 bridgehead atoms. The Labute approximate surface area is 92.7 Å². The van der Waals surface area contributed by atoms with Gasteiger partial charge in [-0.05, 0) is 30.2 Å². The zero-order valence-electron chi connectivity index (χ0n) is 8.81. The van der Waals surface area contributed by atoms with Crippen molar-refractivity contribution in [3.05, 3.63) is 53.1 Å². The average Bonchev–Trinajstić information content (AvgIpc) is 2.67. The highest BCUT2D eigenvalue weighted by Crippen LogP contribution is 2.12. The molecular formula is C12H10FN3. The maximum atomic E-state index is 12.9. The third-order valence-corrected chi connectivity index (χ3v) is 2.29. The van der Waals surface area contributed by atoms with Crippen molar-refractivity contribution in [1.29, 1.82) is 5.26 Å². The van der Waals surface area contributed by atoms with Crippen LogP contribution in [0.2, 0.25) is 0 Å². The fraction of sp³-hybridized carbons (Fsp3) is 0.167. The second-order valence-corrected chi connectivity index (χ2v) is 3.63. The Morgan fingerprint density at radius 3 is 2.94 bits per heavy atom. The summed E-state index contributed by atoms with van der Waals surface area (Å²) in [6, 6.07) is 6.19. The van der Waals surface area contributed by atoms with Crippen molar-refractivity contribution in [3.63, 3.8) is 0 Å². The third-order valence-electron chi connectivity index (χ3n) is 2.29. The first-order valence-electron chi connectivity index (χ1n) is 4.86. The number of hydrogen-bond donors (Lipinski definition) is 0. The van der Waals surface area contributed by atoms with Crippen molar-refractivity contribution in [2.75, 3.05) is 0 Å². The van der Waals surface area contributed by atoms with Crippen molar-refractivity contribution in [3.8, 4) is 6.07 Å². The molecule has 0 fully saturated rings. The van der Waals surface area contributed by atoms with Crippen LogP contribution >= 0.6 is 0 Å². The maximum absolute atomic E-state index is 12.9. The average molecular weight is 215 g/mol. The summed E-state index contributed by atoms with van der Waals surface area (Å²) in [6.45, 7) is 2.43. The molecule has 16 heavy (non-hydrogen) atoms. The predicted molar refractivity (Wildman–Crippen MR) is 57.2 cm³/mol. The van der Waals surface area contributed by atoms with Gasteiger partial charge in [-0.25, -0.2) is 4.39 Å². The van der Waals surface area contributed by atoms with Gasteiger partial charge in [-0.3, -0.25) is 4.68 Å². The minimum Gasteiger partial charge on any atom is -0.268 e. The highest BCUT2D eigenvalue weighted by Gasteiger charge is 2.04. The van der Waals surface area contributed by atoms with Crippen molar-refractivity contribution < 1.29 is 4.39 Å². The van der Waals surface area contributed by atoms with Crippen molar-refractivity contribution >= 4 is 0 Å². The molecule has 0 amide bonds. The molecule has 1 heterocycles. The molecule has 0 radical (unpaired) electrons. The second kappa shape index (κ2) is 4.15. The molecule has 3 nitrogen and oxygen atoms in total. The quantitative estimate of drug-likeness (QED) is 0.771. The van der Waals surface area contributed by atoms with Crippen LogP contribution < -0.4 is 0 Å². The lowest BCUT2D eigenvalue weighted by atomic mass is 10.1. The van der Waals surface area contributed by atoms with Crippen molar-refractivity contribution in [2.45, 2.75) is 13.5 Å². The number of halogens is 1. The van der Waals surface area contributed by atoms with E-state index in [1.54, 1.807) is 16.9 Å². The summed E-state index contributed by atoms with van der Waals surface area (Å²) in [5.41, 5.74) is 2.18. The largest absolute Gasteiger partial charge is 0.268 e. The van der Waals surface area contributed by atoms with Crippen LogP contribution in [0.1, 0.15) is 16.7 Å². The van der Waals surface area contributed by atoms with E-state index in [9.17, 15) is 4.39 Å². The first-order chi connectivity index (χ1) is 7.69. The van der Waals surface area contributed by atoms with Crippen LogP contribution in [0, 0.1) is 24.1 Å². The Kier molecular flexibility index (Phi) is 2.69. The van der Waals surface area contributed by atoms with Gasteiger partial charge in [0.15, 0.2) is 0 Å². The Morgan fingerprint density at radius 2 is 2.31 bits per heavy atom. The zero-order chi connectivity index (χ0) is 11.5. The molecule has 0 unspecified atom stereocenters. The van der Waals surface area contributed by atoms with E-state index in [2.05, 4.69) is 5.10 Å². The van der Waals surface area contributed by atoms with E-state index in [1.165, 1.54) is 12.1 Å². The first-order valence-corrected chi connectivity index (χ1v) is 4.86. The molecule has 80 valence electrons. The summed E-state index contributed by atoms with van der Waals surface area (Å²) >= 11 is 0. The lowest BCUT2D eigenvalue weighted by molar-refractivity contribution is 0.623. The molecule has 2 aromatic rings. The smallest absolute Gasteiger partial charge is 0.124 e. The minimum atomic E-state index is -0.392. The van der Waals surface area contributed by atoms with Gasteiger partial charge in [0.2, 0.25) is 0 Å². The van der Waals surface area contributed by atoms with E-state index in [0.717, 1.165) is 11.1 Å². The molecular weight excluding hydrogens is 205 g/mol. The molecule has 1 aromatic heterocycles. The van der Waals surface area contributed by atoms with Crippen LogP contribution in [0.4, 0.5) is 4.39 Å². The van der Waals surface area contributed by atoms with Gasteiger partial charge in [-0.1, -0.05) is 6.07 Å². The molecule has 0 atom stereocenters. The number of nitriles is 1. The standard InChI is InChI=1S/C12H10FN3/c1-9-6-15-16(7-9)8-10-2-3-12(13)4-11(10)5-14/h2-4,6-7H,8H2,1H3. The normalized spacial score (nSPS) is 10.1. The van der Waals surface area contributed by atoms with Gasteiger partial charge in [-0.2, -0.15) is 10.4 Å². The first kappa shape index (κ1) is 10.4. The number of aromatic nitrogens is 2. The van der Waals surface area contributed by atoms with Gasteiger partial charge in [0.25, 0.3) is 0 Å². The van der Waals surface area contributed by atoms with E-state index in [0.29, 0.717) is 12.1 Å². The Balaban J connectivity index is 2.31. The number of rotatable bonds is 2. The molecule has 0 N–H and O–H groups in total. The molecule has 0 aliphatic rings. The fourth-order valence-corrected chi connectivity index (χ4v) is 1.52. The van der Waals surface area contributed by atoms with E-state index >= 15 is 0 Å². The molecule has 1 aromatic carbocycles. The van der Waals surface area contributed by atoms with E-state index < -0.39 is 5.82 Å². The minimum absolute atomic E-state index is 0.355. The predicted octanol–water partition coefficient (Wildman–Crippen LogP) is 2.25. The molecule has 0 spiro atoms. The van der Waals surface area contributed by atoms with Gasteiger partial charge in [0, 0.05) is 6.20 Å². The van der Waals surface area contributed by atoms with Gasteiger partial charge < -0.3 is 0 Å². The molecule has 2 rings (SSSR count). The molecule has 0 aliphatic heterocycles. The number of aryl methyl sites for hydroxylation is 1. The van der Waals surface area contributed by atoms with Gasteiger partial charge in [0.05, 0.1) is 24.4 Å². The molecule has 0 saturated carbocycles. The van der Waals surface area contributed by atoms with Crippen LogP contribution in [0.15, 0.2) is 30.6 Å². The Hall–Kier alpha value is -2.15. The molecule has 0 saturated heterocycles. The van der Waals surface area contributed by atoms with Crippen LogP contribution in [-0.4, -0.2) is 9.78 Å². The SMILES string of the molecule is Cc1cnn(Cc2ccc(F)cc2C#N)c1. The third kappa shape index (κ3) is 2.09. The van der Waals surface area contributed by atoms with E-state index in [-0.39, 0.29) is 0 Å². The summed E-state index contributed by atoms with van der Waals surface area (Å²) in [7, 11) is 0. The molecule has 0 aliphatic carbocycles. The fourth-order valence-electron chi connectivity index (χ4n) is 1.52. The summed E-state index contributed by atoms with van der Waals surface area (Å²) in [4.78, 5) is 0. The number of hydrogen-bond acceptors (Lipinski definition) is 2. The van der Waals surface area contributed by atoms with Gasteiger partial charge >= 0.3 is 0 Å². The molecule has 4 heteroatoms.